The maximum Gasteiger partial charge on any atom is 0.0447 e. The maximum atomic E-state index is 5.99. The molecule has 0 spiro atoms. The monoisotopic (exact) mass is 214 g/mol. The minimum absolute atomic E-state index is 0.853. The Bertz CT molecular complexity index is 487. The molecule has 2 heteroatoms. The second-order valence-electron chi connectivity index (χ2n) is 3.89. The number of rotatable bonds is 3. The van der Waals surface area contributed by atoms with Crippen molar-refractivity contribution in [2.24, 2.45) is 0 Å². The first-order valence-electron chi connectivity index (χ1n) is 5.80. The fourth-order valence-corrected chi connectivity index (χ4v) is 2.15. The lowest BCUT2D eigenvalue weighted by molar-refractivity contribution is 0.871. The summed E-state index contributed by atoms with van der Waals surface area (Å²) < 4.78 is 0. The first kappa shape index (κ1) is 10.8. The summed E-state index contributed by atoms with van der Waals surface area (Å²) in [5.74, 6) is 0. The zero-order valence-corrected chi connectivity index (χ0v) is 9.90. The number of nitrogens with zero attached hydrogens (tertiary/aromatic N) is 1. The van der Waals surface area contributed by atoms with Gasteiger partial charge in [0.05, 0.1) is 0 Å². The van der Waals surface area contributed by atoms with Gasteiger partial charge in [-0.1, -0.05) is 24.3 Å². The van der Waals surface area contributed by atoms with E-state index in [1.54, 1.807) is 0 Å². The van der Waals surface area contributed by atoms with E-state index in [9.17, 15) is 0 Å². The molecule has 0 atom stereocenters. The van der Waals surface area contributed by atoms with E-state index in [0.717, 1.165) is 24.2 Å². The molecule has 2 aromatic carbocycles. The molecular weight excluding hydrogens is 196 g/mol. The molecule has 0 amide bonds. The van der Waals surface area contributed by atoms with Crippen LogP contribution in [-0.2, 0) is 0 Å². The van der Waals surface area contributed by atoms with Gasteiger partial charge in [0, 0.05) is 35.2 Å². The van der Waals surface area contributed by atoms with Crippen LogP contribution < -0.4 is 10.6 Å². The van der Waals surface area contributed by atoms with Gasteiger partial charge in [0.2, 0.25) is 0 Å². The third kappa shape index (κ3) is 1.71. The molecule has 2 aromatic rings. The molecule has 0 saturated carbocycles. The predicted molar refractivity (Wildman–Crippen MR) is 71.9 cm³/mol. The second kappa shape index (κ2) is 4.44. The van der Waals surface area contributed by atoms with E-state index in [2.05, 4.69) is 43.0 Å². The van der Waals surface area contributed by atoms with Gasteiger partial charge in [0.1, 0.15) is 0 Å². The highest BCUT2D eigenvalue weighted by Crippen LogP contribution is 2.30. The topological polar surface area (TPSA) is 29.3 Å². The van der Waals surface area contributed by atoms with Crippen LogP contribution in [0.5, 0.6) is 0 Å². The molecule has 2 N–H and O–H groups in total. The number of benzene rings is 2. The van der Waals surface area contributed by atoms with Crippen LogP contribution in [0, 0.1) is 0 Å². The van der Waals surface area contributed by atoms with Crippen molar-refractivity contribution < 1.29 is 0 Å². The Labute approximate surface area is 96.7 Å². The van der Waals surface area contributed by atoms with E-state index in [1.807, 2.05) is 12.1 Å². The number of hydrogen-bond donors (Lipinski definition) is 1. The Balaban J connectivity index is 2.66. The molecule has 0 aliphatic carbocycles. The molecule has 0 unspecified atom stereocenters. The fraction of sp³-hybridized carbons (Fsp3) is 0.286. The molecule has 0 aliphatic heterocycles. The van der Waals surface area contributed by atoms with E-state index >= 15 is 0 Å². The van der Waals surface area contributed by atoms with E-state index < -0.39 is 0 Å². The van der Waals surface area contributed by atoms with Crippen molar-refractivity contribution in [1.29, 1.82) is 0 Å². The molecule has 0 aliphatic rings. The van der Waals surface area contributed by atoms with Gasteiger partial charge in [0.25, 0.3) is 0 Å². The van der Waals surface area contributed by atoms with Crippen LogP contribution in [0.4, 0.5) is 11.4 Å². The highest BCUT2D eigenvalue weighted by Gasteiger charge is 2.07. The minimum Gasteiger partial charge on any atom is -0.398 e. The van der Waals surface area contributed by atoms with Crippen LogP contribution in [-0.4, -0.2) is 13.1 Å². The summed E-state index contributed by atoms with van der Waals surface area (Å²) in [5.41, 5.74) is 8.12. The largest absolute Gasteiger partial charge is 0.398 e. The Morgan fingerprint density at radius 1 is 0.938 bits per heavy atom. The van der Waals surface area contributed by atoms with Gasteiger partial charge in [-0.3, -0.25) is 0 Å². The fourth-order valence-electron chi connectivity index (χ4n) is 2.15. The Morgan fingerprint density at radius 2 is 1.56 bits per heavy atom. The van der Waals surface area contributed by atoms with E-state index in [4.69, 9.17) is 5.73 Å². The number of hydrogen-bond acceptors (Lipinski definition) is 2. The summed E-state index contributed by atoms with van der Waals surface area (Å²) in [7, 11) is 0. The van der Waals surface area contributed by atoms with Crippen molar-refractivity contribution in [1.82, 2.24) is 0 Å². The summed E-state index contributed by atoms with van der Waals surface area (Å²) in [6, 6.07) is 12.4. The van der Waals surface area contributed by atoms with Crippen LogP contribution in [0.1, 0.15) is 13.8 Å². The van der Waals surface area contributed by atoms with Crippen LogP contribution in [0.25, 0.3) is 10.8 Å². The number of nitrogens with two attached hydrogens (primary N) is 1. The van der Waals surface area contributed by atoms with Crippen LogP contribution in [0.3, 0.4) is 0 Å². The quantitative estimate of drug-likeness (QED) is 0.794. The van der Waals surface area contributed by atoms with Crippen LogP contribution in [0.2, 0.25) is 0 Å². The predicted octanol–water partition coefficient (Wildman–Crippen LogP) is 3.27. The Morgan fingerprint density at radius 3 is 2.19 bits per heavy atom. The van der Waals surface area contributed by atoms with E-state index in [1.165, 1.54) is 11.1 Å². The first-order chi connectivity index (χ1) is 7.77. The van der Waals surface area contributed by atoms with Crippen LogP contribution in [0.15, 0.2) is 36.4 Å². The molecule has 0 saturated heterocycles. The average molecular weight is 214 g/mol. The van der Waals surface area contributed by atoms with Crippen molar-refractivity contribution in [3.63, 3.8) is 0 Å². The molecule has 0 heterocycles. The van der Waals surface area contributed by atoms with Crippen molar-refractivity contribution in [3.8, 4) is 0 Å². The summed E-state index contributed by atoms with van der Waals surface area (Å²) in [5, 5.41) is 2.39. The number of fused-ring (bicyclic) bond motifs is 1. The molecule has 16 heavy (non-hydrogen) atoms. The van der Waals surface area contributed by atoms with Gasteiger partial charge in [-0.25, -0.2) is 0 Å². The summed E-state index contributed by atoms with van der Waals surface area (Å²) in [6.07, 6.45) is 0. The van der Waals surface area contributed by atoms with E-state index in [-0.39, 0.29) is 0 Å². The SMILES string of the molecule is CCN(CC)c1ccc(N)c2ccccc12. The number of anilines is 2. The lowest BCUT2D eigenvalue weighted by atomic mass is 10.1. The highest BCUT2D eigenvalue weighted by molar-refractivity contribution is 6.01. The van der Waals surface area contributed by atoms with Gasteiger partial charge < -0.3 is 10.6 Å². The summed E-state index contributed by atoms with van der Waals surface area (Å²) in [4.78, 5) is 2.35. The average Bonchev–Trinajstić information content (AvgIpc) is 2.34. The molecule has 0 aromatic heterocycles. The number of nitrogen functional groups attached to an aromatic ring is 1. The van der Waals surface area contributed by atoms with Gasteiger partial charge in [0.15, 0.2) is 0 Å². The second-order valence-corrected chi connectivity index (χ2v) is 3.89. The molecule has 2 rings (SSSR count). The van der Waals surface area contributed by atoms with Gasteiger partial charge >= 0.3 is 0 Å². The third-order valence-corrected chi connectivity index (χ3v) is 3.04. The smallest absolute Gasteiger partial charge is 0.0447 e. The first-order valence-corrected chi connectivity index (χ1v) is 5.80. The Kier molecular flexibility index (Phi) is 3.00. The van der Waals surface area contributed by atoms with E-state index in [0.29, 0.717) is 0 Å². The van der Waals surface area contributed by atoms with Crippen molar-refractivity contribution in [2.45, 2.75) is 13.8 Å². The molecular formula is C14H18N2. The summed E-state index contributed by atoms with van der Waals surface area (Å²) >= 11 is 0. The molecule has 2 nitrogen and oxygen atoms in total. The zero-order valence-electron chi connectivity index (χ0n) is 9.90. The van der Waals surface area contributed by atoms with Gasteiger partial charge in [-0.2, -0.15) is 0 Å². The van der Waals surface area contributed by atoms with Gasteiger partial charge in [-0.15, -0.1) is 0 Å². The molecule has 0 fully saturated rings. The van der Waals surface area contributed by atoms with Crippen molar-refractivity contribution in [2.75, 3.05) is 23.7 Å². The molecule has 0 bridgehead atoms. The minimum atomic E-state index is 0.853. The lowest BCUT2D eigenvalue weighted by Crippen LogP contribution is -2.22. The third-order valence-electron chi connectivity index (χ3n) is 3.04. The molecule has 0 radical (unpaired) electrons. The lowest BCUT2D eigenvalue weighted by Gasteiger charge is -2.23. The zero-order chi connectivity index (χ0) is 11.5. The maximum absolute atomic E-state index is 5.99. The van der Waals surface area contributed by atoms with Crippen molar-refractivity contribution >= 4 is 22.1 Å². The van der Waals surface area contributed by atoms with Crippen molar-refractivity contribution in [3.05, 3.63) is 36.4 Å². The van der Waals surface area contributed by atoms with Crippen LogP contribution >= 0.6 is 0 Å². The molecule has 84 valence electrons. The summed E-state index contributed by atoms with van der Waals surface area (Å²) in [6.45, 7) is 6.39. The Hall–Kier alpha value is -1.70. The normalized spacial score (nSPS) is 10.6. The van der Waals surface area contributed by atoms with Gasteiger partial charge in [-0.05, 0) is 26.0 Å². The highest BCUT2D eigenvalue weighted by atomic mass is 15.1. The standard InChI is InChI=1S/C14H18N2/c1-3-16(4-2)14-10-9-13(15)11-7-5-6-8-12(11)14/h5-10H,3-4,15H2,1-2H3.